The standard InChI is InChI=1S/C22H32O2.C2H6.CH4/c1-3-4-13-24-21-10-9-20-19-7-5-15-14-16(23)6-8-17(15)18(19)11-12-22(20,21)2;1-2;/h6,8,14,18-21,23H,3-5,7,9-13H2,1-2H3;1-2H3;1H4. The minimum absolute atomic E-state index is 0. The topological polar surface area (TPSA) is 29.5 Å². The lowest BCUT2D eigenvalue weighted by Crippen LogP contribution is -2.44. The van der Waals surface area contributed by atoms with Crippen molar-refractivity contribution >= 4 is 0 Å². The van der Waals surface area contributed by atoms with E-state index in [9.17, 15) is 5.11 Å². The molecule has 0 radical (unpaired) electrons. The van der Waals surface area contributed by atoms with Gasteiger partial charge in [-0.3, -0.25) is 0 Å². The van der Waals surface area contributed by atoms with Crippen molar-refractivity contribution in [3.8, 4) is 5.75 Å². The average molecular weight is 375 g/mol. The van der Waals surface area contributed by atoms with Gasteiger partial charge in [0.05, 0.1) is 6.10 Å². The Bertz CT molecular complexity index is 596. The first-order valence-corrected chi connectivity index (χ1v) is 11.1. The van der Waals surface area contributed by atoms with Crippen LogP contribution in [-0.2, 0) is 11.2 Å². The Morgan fingerprint density at radius 1 is 1.15 bits per heavy atom. The SMILES string of the molecule is C.CC.CCCCOC1CCC2C3CCc4cc(O)ccc4C3CCC12C. The quantitative estimate of drug-likeness (QED) is 0.570. The highest BCUT2D eigenvalue weighted by molar-refractivity contribution is 5.40. The number of hydrogen-bond donors (Lipinski definition) is 1. The monoisotopic (exact) mass is 374 g/mol. The smallest absolute Gasteiger partial charge is 0.115 e. The van der Waals surface area contributed by atoms with Crippen LogP contribution in [0.4, 0.5) is 0 Å². The first kappa shape index (κ1) is 22.3. The molecule has 2 saturated carbocycles. The second-order valence-corrected chi connectivity index (χ2v) is 8.63. The van der Waals surface area contributed by atoms with Crippen LogP contribution in [0.5, 0.6) is 5.75 Å². The van der Waals surface area contributed by atoms with Gasteiger partial charge in [0.25, 0.3) is 0 Å². The van der Waals surface area contributed by atoms with Crippen LogP contribution in [0.25, 0.3) is 0 Å². The van der Waals surface area contributed by atoms with Gasteiger partial charge in [-0.05, 0) is 91.4 Å². The van der Waals surface area contributed by atoms with Crippen molar-refractivity contribution in [3.05, 3.63) is 29.3 Å². The summed E-state index contributed by atoms with van der Waals surface area (Å²) in [5.41, 5.74) is 3.32. The number of ether oxygens (including phenoxy) is 1. The van der Waals surface area contributed by atoms with E-state index in [1.54, 1.807) is 0 Å². The van der Waals surface area contributed by atoms with Crippen LogP contribution in [0.1, 0.15) is 97.1 Å². The van der Waals surface area contributed by atoms with Gasteiger partial charge in [0.1, 0.15) is 5.75 Å². The van der Waals surface area contributed by atoms with Crippen molar-refractivity contribution in [1.29, 1.82) is 0 Å². The Balaban J connectivity index is 0.000000844. The minimum Gasteiger partial charge on any atom is -0.508 e. The highest BCUT2D eigenvalue weighted by Gasteiger charge is 2.55. The van der Waals surface area contributed by atoms with Crippen LogP contribution in [0.15, 0.2) is 18.2 Å². The molecule has 1 aromatic carbocycles. The Kier molecular flexibility index (Phi) is 7.80. The maximum atomic E-state index is 9.80. The molecule has 0 aliphatic heterocycles. The zero-order valence-electron chi connectivity index (χ0n) is 17.3. The molecule has 0 amide bonds. The second kappa shape index (κ2) is 9.45. The number of benzene rings is 1. The number of hydrogen-bond acceptors (Lipinski definition) is 2. The number of aryl methyl sites for hydroxylation is 1. The normalized spacial score (nSPS) is 33.6. The second-order valence-electron chi connectivity index (χ2n) is 8.63. The molecule has 5 atom stereocenters. The first-order chi connectivity index (χ1) is 12.6. The van der Waals surface area contributed by atoms with Crippen molar-refractivity contribution in [2.75, 3.05) is 6.61 Å². The van der Waals surface area contributed by atoms with E-state index in [0.717, 1.165) is 24.9 Å². The van der Waals surface area contributed by atoms with Gasteiger partial charge in [0, 0.05) is 6.61 Å². The van der Waals surface area contributed by atoms with Crippen LogP contribution in [0.3, 0.4) is 0 Å². The van der Waals surface area contributed by atoms with Gasteiger partial charge in [-0.25, -0.2) is 0 Å². The van der Waals surface area contributed by atoms with E-state index in [1.807, 2.05) is 26.0 Å². The summed E-state index contributed by atoms with van der Waals surface area (Å²) < 4.78 is 6.35. The van der Waals surface area contributed by atoms with Gasteiger partial charge in [0.2, 0.25) is 0 Å². The highest BCUT2D eigenvalue weighted by Crippen LogP contribution is 2.61. The zero-order chi connectivity index (χ0) is 18.7. The number of phenolic OH excluding ortho intramolecular Hbond substituents is 1. The summed E-state index contributed by atoms with van der Waals surface area (Å²) in [5.74, 6) is 2.78. The molecule has 3 aliphatic carbocycles. The van der Waals surface area contributed by atoms with Crippen LogP contribution in [-0.4, -0.2) is 17.8 Å². The molecule has 0 saturated heterocycles. The van der Waals surface area contributed by atoms with E-state index in [2.05, 4.69) is 19.9 Å². The predicted molar refractivity (Wildman–Crippen MR) is 115 cm³/mol. The molecule has 0 spiro atoms. The largest absolute Gasteiger partial charge is 0.508 e. The molecule has 2 fully saturated rings. The summed E-state index contributed by atoms with van der Waals surface area (Å²) in [6.07, 6.45) is 10.5. The van der Waals surface area contributed by atoms with E-state index in [1.165, 1.54) is 56.1 Å². The maximum Gasteiger partial charge on any atom is 0.115 e. The number of unbranched alkanes of at least 4 members (excludes halogenated alkanes) is 1. The summed E-state index contributed by atoms with van der Waals surface area (Å²) >= 11 is 0. The zero-order valence-corrected chi connectivity index (χ0v) is 17.3. The van der Waals surface area contributed by atoms with Gasteiger partial charge in [-0.2, -0.15) is 0 Å². The Morgan fingerprint density at radius 3 is 2.67 bits per heavy atom. The molecule has 0 aromatic heterocycles. The molecular weight excluding hydrogens is 332 g/mol. The lowest BCUT2D eigenvalue weighted by Gasteiger charge is -2.50. The number of fused-ring (bicyclic) bond motifs is 5. The van der Waals surface area contributed by atoms with Gasteiger partial charge in [-0.1, -0.05) is 47.6 Å². The fraction of sp³-hybridized carbons (Fsp3) is 0.760. The molecule has 2 nitrogen and oxygen atoms in total. The van der Waals surface area contributed by atoms with Crippen LogP contribution >= 0.6 is 0 Å². The molecule has 27 heavy (non-hydrogen) atoms. The number of rotatable bonds is 4. The van der Waals surface area contributed by atoms with Gasteiger partial charge in [0.15, 0.2) is 0 Å². The summed E-state index contributed by atoms with van der Waals surface area (Å²) in [6, 6.07) is 6.10. The van der Waals surface area contributed by atoms with Crippen LogP contribution in [0.2, 0.25) is 0 Å². The summed E-state index contributed by atoms with van der Waals surface area (Å²) in [7, 11) is 0. The molecule has 0 bridgehead atoms. The van der Waals surface area contributed by atoms with Gasteiger partial charge in [-0.15, -0.1) is 0 Å². The first-order valence-electron chi connectivity index (χ1n) is 11.1. The average Bonchev–Trinajstić information content (AvgIpc) is 3.00. The molecule has 0 heterocycles. The highest BCUT2D eigenvalue weighted by atomic mass is 16.5. The molecule has 154 valence electrons. The molecule has 2 heteroatoms. The minimum atomic E-state index is 0. The Hall–Kier alpha value is -1.02. The van der Waals surface area contributed by atoms with Crippen molar-refractivity contribution in [1.82, 2.24) is 0 Å². The van der Waals surface area contributed by atoms with Gasteiger partial charge >= 0.3 is 0 Å². The van der Waals surface area contributed by atoms with E-state index in [4.69, 9.17) is 4.74 Å². The van der Waals surface area contributed by atoms with E-state index in [-0.39, 0.29) is 7.43 Å². The molecule has 4 rings (SSSR count). The number of phenols is 1. The summed E-state index contributed by atoms with van der Waals surface area (Å²) in [6.45, 7) is 9.70. The Morgan fingerprint density at radius 2 is 1.93 bits per heavy atom. The third kappa shape index (κ3) is 4.06. The van der Waals surface area contributed by atoms with E-state index >= 15 is 0 Å². The lowest BCUT2D eigenvalue weighted by molar-refractivity contribution is -0.0644. The van der Waals surface area contributed by atoms with Crippen molar-refractivity contribution in [2.45, 2.75) is 98.5 Å². The number of aromatic hydroxyl groups is 1. The van der Waals surface area contributed by atoms with Gasteiger partial charge < -0.3 is 9.84 Å². The predicted octanol–water partition coefficient (Wildman–Crippen LogP) is 7.10. The van der Waals surface area contributed by atoms with Crippen molar-refractivity contribution < 1.29 is 9.84 Å². The Labute approximate surface area is 167 Å². The third-order valence-electron chi connectivity index (χ3n) is 7.44. The fourth-order valence-electron chi connectivity index (χ4n) is 6.16. The van der Waals surface area contributed by atoms with Crippen LogP contribution in [0, 0.1) is 17.3 Å². The van der Waals surface area contributed by atoms with Crippen molar-refractivity contribution in [2.24, 2.45) is 17.3 Å². The maximum absolute atomic E-state index is 9.80. The molecule has 1 aromatic rings. The molecule has 3 aliphatic rings. The molecular formula is C25H42O2. The molecule has 1 N–H and O–H groups in total. The molecule has 5 unspecified atom stereocenters. The van der Waals surface area contributed by atoms with E-state index in [0.29, 0.717) is 23.2 Å². The lowest BCUT2D eigenvalue weighted by atomic mass is 9.55. The summed E-state index contributed by atoms with van der Waals surface area (Å²) in [4.78, 5) is 0. The summed E-state index contributed by atoms with van der Waals surface area (Å²) in [5, 5.41) is 9.80. The van der Waals surface area contributed by atoms with E-state index < -0.39 is 0 Å². The van der Waals surface area contributed by atoms with Crippen molar-refractivity contribution in [3.63, 3.8) is 0 Å². The third-order valence-corrected chi connectivity index (χ3v) is 7.44. The fourth-order valence-corrected chi connectivity index (χ4v) is 6.16. The van der Waals surface area contributed by atoms with Crippen LogP contribution < -0.4 is 0 Å².